The highest BCUT2D eigenvalue weighted by Crippen LogP contribution is 2.32. The van der Waals surface area contributed by atoms with Crippen molar-refractivity contribution < 1.29 is 14.3 Å². The number of nitrogens with zero attached hydrogens (tertiary/aromatic N) is 4. The molecule has 0 radical (unpaired) electrons. The maximum absolute atomic E-state index is 12.6. The molecular weight excluding hydrogens is 434 g/mol. The average molecular weight is 457 g/mol. The summed E-state index contributed by atoms with van der Waals surface area (Å²) in [4.78, 5) is 42.5. The molecule has 34 heavy (non-hydrogen) atoms. The lowest BCUT2D eigenvalue weighted by molar-refractivity contribution is -0.00353. The van der Waals surface area contributed by atoms with Crippen LogP contribution in [-0.4, -0.2) is 70.0 Å². The fraction of sp³-hybridized carbons (Fsp3) is 0.208. The zero-order valence-electron chi connectivity index (χ0n) is 18.7. The van der Waals surface area contributed by atoms with Gasteiger partial charge in [0.05, 0.1) is 30.5 Å². The van der Waals surface area contributed by atoms with Gasteiger partial charge < -0.3 is 25.7 Å². The molecule has 0 saturated carbocycles. The molecule has 10 heteroatoms. The number of H-pyrrole nitrogens is 1. The van der Waals surface area contributed by atoms with E-state index < -0.39 is 0 Å². The lowest BCUT2D eigenvalue weighted by Crippen LogP contribution is -2.48. The number of amides is 2. The lowest BCUT2D eigenvalue weighted by Gasteiger charge is -2.26. The van der Waals surface area contributed by atoms with E-state index in [1.165, 1.54) is 11.1 Å². The summed E-state index contributed by atoms with van der Waals surface area (Å²) in [5, 5.41) is 3.71. The smallest absolute Gasteiger partial charge is 0.268 e. The third-order valence-corrected chi connectivity index (χ3v) is 5.67. The highest BCUT2D eigenvalue weighted by molar-refractivity contribution is 6.02. The molecule has 10 nitrogen and oxygen atoms in total. The fourth-order valence-electron chi connectivity index (χ4n) is 3.75. The number of aromatic nitrogens is 4. The van der Waals surface area contributed by atoms with Gasteiger partial charge >= 0.3 is 0 Å². The van der Waals surface area contributed by atoms with Crippen molar-refractivity contribution in [3.05, 3.63) is 60.2 Å². The molecule has 0 unspecified atom stereocenters. The molecule has 1 aliphatic rings. The van der Waals surface area contributed by atoms with Crippen LogP contribution in [0.1, 0.15) is 20.8 Å². The van der Waals surface area contributed by atoms with E-state index in [0.717, 1.165) is 16.5 Å². The number of carbonyl (C=O) groups is 2. The molecule has 4 N–H and O–H groups in total. The summed E-state index contributed by atoms with van der Waals surface area (Å²) in [6, 6.07) is 9.03. The molecule has 1 aliphatic heterocycles. The second kappa shape index (κ2) is 8.56. The van der Waals surface area contributed by atoms with Crippen molar-refractivity contribution in [3.8, 4) is 22.4 Å². The van der Waals surface area contributed by atoms with E-state index in [4.69, 9.17) is 10.5 Å². The molecule has 4 aromatic rings. The van der Waals surface area contributed by atoms with Gasteiger partial charge in [-0.05, 0) is 35.9 Å². The second-order valence-electron chi connectivity index (χ2n) is 8.30. The van der Waals surface area contributed by atoms with Crippen molar-refractivity contribution in [2.75, 3.05) is 33.0 Å². The number of nitrogens with one attached hydrogen (secondary N) is 2. The minimum atomic E-state index is -0.204. The second-order valence-corrected chi connectivity index (χ2v) is 8.30. The average Bonchev–Trinajstić information content (AvgIpc) is 3.26. The number of ether oxygens (including phenoxy) is 1. The Morgan fingerprint density at radius 3 is 2.59 bits per heavy atom. The Balaban J connectivity index is 1.50. The third kappa shape index (κ3) is 3.95. The Morgan fingerprint density at radius 2 is 1.91 bits per heavy atom. The van der Waals surface area contributed by atoms with Gasteiger partial charge in [-0.3, -0.25) is 14.6 Å². The zero-order chi connectivity index (χ0) is 23.8. The van der Waals surface area contributed by atoms with Gasteiger partial charge in [-0.25, -0.2) is 9.97 Å². The van der Waals surface area contributed by atoms with E-state index in [2.05, 4.69) is 25.3 Å². The highest BCUT2D eigenvalue weighted by atomic mass is 16.5. The number of pyridine rings is 3. The number of rotatable bonds is 5. The molecule has 0 atom stereocenters. The van der Waals surface area contributed by atoms with E-state index in [1.54, 1.807) is 44.7 Å². The first kappa shape index (κ1) is 21.5. The van der Waals surface area contributed by atoms with Gasteiger partial charge in [-0.15, -0.1) is 0 Å². The van der Waals surface area contributed by atoms with E-state index in [0.29, 0.717) is 47.2 Å². The molecule has 4 aromatic heterocycles. The fourth-order valence-corrected chi connectivity index (χ4v) is 3.75. The summed E-state index contributed by atoms with van der Waals surface area (Å²) in [6.45, 7) is 1.04. The Morgan fingerprint density at radius 1 is 1.09 bits per heavy atom. The number of anilines is 1. The number of hydrogen-bond donors (Lipinski definition) is 3. The quantitative estimate of drug-likeness (QED) is 0.417. The van der Waals surface area contributed by atoms with Gasteiger partial charge in [0.2, 0.25) is 0 Å². The summed E-state index contributed by atoms with van der Waals surface area (Å²) in [7, 11) is 3.38. The van der Waals surface area contributed by atoms with Gasteiger partial charge in [0.1, 0.15) is 17.2 Å². The minimum absolute atomic E-state index is 0.0297. The minimum Gasteiger partial charge on any atom is -0.383 e. The monoisotopic (exact) mass is 457 g/mol. The Hall–Kier alpha value is -4.31. The van der Waals surface area contributed by atoms with Crippen LogP contribution in [0.2, 0.25) is 0 Å². The van der Waals surface area contributed by atoms with Crippen molar-refractivity contribution in [1.82, 2.24) is 30.2 Å². The lowest BCUT2D eigenvalue weighted by atomic mass is 10.0. The van der Waals surface area contributed by atoms with Gasteiger partial charge in [-0.2, -0.15) is 0 Å². The highest BCUT2D eigenvalue weighted by Gasteiger charge is 2.22. The van der Waals surface area contributed by atoms with Gasteiger partial charge in [-0.1, -0.05) is 0 Å². The van der Waals surface area contributed by atoms with Gasteiger partial charge in [0.25, 0.3) is 11.8 Å². The van der Waals surface area contributed by atoms with Crippen LogP contribution in [-0.2, 0) is 4.74 Å². The molecular formula is C24H23N7O3. The third-order valence-electron chi connectivity index (χ3n) is 5.67. The molecule has 0 aromatic carbocycles. The number of aromatic amines is 1. The van der Waals surface area contributed by atoms with E-state index in [-0.39, 0.29) is 17.9 Å². The normalized spacial score (nSPS) is 13.5. The zero-order valence-corrected chi connectivity index (χ0v) is 18.7. The first-order valence-corrected chi connectivity index (χ1v) is 10.7. The maximum Gasteiger partial charge on any atom is 0.268 e. The predicted molar refractivity (Wildman–Crippen MR) is 127 cm³/mol. The number of fused-ring (bicyclic) bond motifs is 1. The van der Waals surface area contributed by atoms with Crippen molar-refractivity contribution in [3.63, 3.8) is 0 Å². The van der Waals surface area contributed by atoms with Crippen molar-refractivity contribution >= 4 is 28.7 Å². The van der Waals surface area contributed by atoms with Crippen LogP contribution in [0.15, 0.2) is 48.9 Å². The number of hydrogen-bond acceptors (Lipinski definition) is 7. The van der Waals surface area contributed by atoms with Crippen LogP contribution in [0, 0.1) is 0 Å². The van der Waals surface area contributed by atoms with Crippen molar-refractivity contribution in [2.24, 2.45) is 0 Å². The molecule has 0 aliphatic carbocycles. The molecule has 0 spiro atoms. The van der Waals surface area contributed by atoms with Crippen LogP contribution < -0.4 is 11.1 Å². The predicted octanol–water partition coefficient (Wildman–Crippen LogP) is 2.10. The molecule has 0 bridgehead atoms. The van der Waals surface area contributed by atoms with E-state index >= 15 is 0 Å². The Kier molecular flexibility index (Phi) is 5.42. The molecule has 5 heterocycles. The van der Waals surface area contributed by atoms with E-state index in [9.17, 15) is 9.59 Å². The topological polar surface area (TPSA) is 139 Å². The van der Waals surface area contributed by atoms with Gasteiger partial charge in [0, 0.05) is 49.2 Å². The molecule has 1 saturated heterocycles. The first-order chi connectivity index (χ1) is 16.4. The maximum atomic E-state index is 12.6. The molecule has 1 fully saturated rings. The molecule has 172 valence electrons. The number of nitrogens with two attached hydrogens (primary N) is 1. The largest absolute Gasteiger partial charge is 0.383 e. The molecule has 5 rings (SSSR count). The molecule has 2 amide bonds. The van der Waals surface area contributed by atoms with Gasteiger partial charge in [0.15, 0.2) is 0 Å². The van der Waals surface area contributed by atoms with Crippen molar-refractivity contribution in [1.29, 1.82) is 0 Å². The Bertz CT molecular complexity index is 1390. The van der Waals surface area contributed by atoms with Crippen LogP contribution in [0.4, 0.5) is 5.82 Å². The summed E-state index contributed by atoms with van der Waals surface area (Å²) >= 11 is 0. The van der Waals surface area contributed by atoms with Crippen LogP contribution in [0.3, 0.4) is 0 Å². The summed E-state index contributed by atoms with van der Waals surface area (Å²) in [6.07, 6.45) is 4.88. The van der Waals surface area contributed by atoms with E-state index in [1.807, 2.05) is 12.1 Å². The standard InChI is InChI=1S/C24H23N7O3/c1-31(2)24(33)13-3-4-19(27-9-13)18-7-14(10-28-21(18)25)16-5-6-26-22-17(16)8-20(30-22)23(32)29-15-11-34-12-15/h3-10,15H,11-12H2,1-2H3,(H2,25,28)(H,26,30)(H,29,32). The summed E-state index contributed by atoms with van der Waals surface area (Å²) in [5.41, 5.74) is 10.6. The van der Waals surface area contributed by atoms with Crippen LogP contribution in [0.25, 0.3) is 33.4 Å². The van der Waals surface area contributed by atoms with Crippen LogP contribution >= 0.6 is 0 Å². The number of nitrogen functional groups attached to an aromatic ring is 1. The number of carbonyl (C=O) groups excluding carboxylic acids is 2. The SMILES string of the molecule is CN(C)C(=O)c1ccc(-c2cc(-c3ccnc4[nH]c(C(=O)NC5COC5)cc34)cnc2N)nc1. The Labute approximate surface area is 195 Å². The summed E-state index contributed by atoms with van der Waals surface area (Å²) in [5.74, 6) is -0.00905. The summed E-state index contributed by atoms with van der Waals surface area (Å²) < 4.78 is 5.12. The van der Waals surface area contributed by atoms with Crippen LogP contribution in [0.5, 0.6) is 0 Å². The van der Waals surface area contributed by atoms with Crippen molar-refractivity contribution in [2.45, 2.75) is 6.04 Å². The first-order valence-electron chi connectivity index (χ1n) is 10.7.